The lowest BCUT2D eigenvalue weighted by molar-refractivity contribution is 0.0994. The summed E-state index contributed by atoms with van der Waals surface area (Å²) < 4.78 is 7.37. The van der Waals surface area contributed by atoms with Crippen LogP contribution >= 0.6 is 23.1 Å². The number of hydrogen-bond donors (Lipinski definition) is 0. The van der Waals surface area contributed by atoms with Gasteiger partial charge in [0.2, 0.25) is 5.78 Å². The van der Waals surface area contributed by atoms with Crippen molar-refractivity contribution in [1.29, 1.82) is 0 Å². The molecule has 0 amide bonds. The molecule has 7 heteroatoms. The molecule has 0 N–H and O–H groups in total. The van der Waals surface area contributed by atoms with Crippen LogP contribution in [0.3, 0.4) is 0 Å². The summed E-state index contributed by atoms with van der Waals surface area (Å²) in [7, 11) is 0. The Bertz CT molecular complexity index is 1360. The lowest BCUT2D eigenvalue weighted by Gasteiger charge is -2.13. The molecule has 5 rings (SSSR count). The molecule has 0 unspecified atom stereocenters. The SMILES string of the molecule is C=C(C)Cn1c(SCC(=O)c2cc3ccccc3o2)nc2sc3c(c2c1=O)CCCC3. The molecule has 0 saturated heterocycles. The summed E-state index contributed by atoms with van der Waals surface area (Å²) in [6, 6.07) is 9.32. The van der Waals surface area contributed by atoms with E-state index in [1.807, 2.05) is 31.2 Å². The quantitative estimate of drug-likeness (QED) is 0.165. The molecule has 1 aliphatic rings. The van der Waals surface area contributed by atoms with Crippen LogP contribution in [0.2, 0.25) is 0 Å². The van der Waals surface area contributed by atoms with Crippen LogP contribution in [0, 0.1) is 0 Å². The normalized spacial score (nSPS) is 13.6. The van der Waals surface area contributed by atoms with Crippen LogP contribution < -0.4 is 5.56 Å². The molecule has 0 spiro atoms. The van der Waals surface area contributed by atoms with Crippen molar-refractivity contribution in [3.05, 3.63) is 69.0 Å². The highest BCUT2D eigenvalue weighted by molar-refractivity contribution is 7.99. The molecule has 5 nitrogen and oxygen atoms in total. The van der Waals surface area contributed by atoms with Crippen molar-refractivity contribution in [3.63, 3.8) is 0 Å². The van der Waals surface area contributed by atoms with Crippen LogP contribution in [0.25, 0.3) is 21.2 Å². The minimum atomic E-state index is -0.122. The molecule has 0 atom stereocenters. The Labute approximate surface area is 187 Å². The third-order valence-electron chi connectivity index (χ3n) is 5.50. The summed E-state index contributed by atoms with van der Waals surface area (Å²) in [5.74, 6) is 0.358. The van der Waals surface area contributed by atoms with Crippen molar-refractivity contribution in [2.24, 2.45) is 0 Å². The molecule has 3 aromatic heterocycles. The second-order valence-electron chi connectivity index (χ2n) is 7.99. The minimum absolute atomic E-state index is 0.0221. The van der Waals surface area contributed by atoms with Gasteiger partial charge in [-0.15, -0.1) is 11.3 Å². The number of furan rings is 1. The van der Waals surface area contributed by atoms with Gasteiger partial charge in [0.05, 0.1) is 11.1 Å². The van der Waals surface area contributed by atoms with Crippen LogP contribution in [0.4, 0.5) is 0 Å². The van der Waals surface area contributed by atoms with Gasteiger partial charge in [0.25, 0.3) is 5.56 Å². The van der Waals surface area contributed by atoms with Gasteiger partial charge in [-0.25, -0.2) is 4.98 Å². The Balaban J connectivity index is 1.49. The summed E-state index contributed by atoms with van der Waals surface area (Å²) in [6.45, 7) is 6.27. The van der Waals surface area contributed by atoms with Crippen LogP contribution in [0.15, 0.2) is 56.9 Å². The molecule has 1 aromatic carbocycles. The average molecular weight is 451 g/mol. The van der Waals surface area contributed by atoms with E-state index in [0.717, 1.165) is 46.9 Å². The second-order valence-corrected chi connectivity index (χ2v) is 10.0. The number of thiophene rings is 1. The number of para-hydroxylation sites is 1. The number of rotatable bonds is 6. The molecule has 158 valence electrons. The first kappa shape index (κ1) is 20.3. The van der Waals surface area contributed by atoms with E-state index < -0.39 is 0 Å². The number of aromatic nitrogens is 2. The minimum Gasteiger partial charge on any atom is -0.453 e. The summed E-state index contributed by atoms with van der Waals surface area (Å²) in [4.78, 5) is 33.1. The molecule has 4 aromatic rings. The third-order valence-corrected chi connectivity index (χ3v) is 7.66. The molecule has 0 saturated carbocycles. The Morgan fingerprint density at radius 3 is 2.90 bits per heavy atom. The maximum atomic E-state index is 13.4. The molecule has 31 heavy (non-hydrogen) atoms. The first-order chi connectivity index (χ1) is 15.0. The lowest BCUT2D eigenvalue weighted by atomic mass is 9.97. The van der Waals surface area contributed by atoms with Crippen molar-refractivity contribution in [1.82, 2.24) is 9.55 Å². The number of thioether (sulfide) groups is 1. The van der Waals surface area contributed by atoms with Gasteiger partial charge in [0.15, 0.2) is 10.9 Å². The van der Waals surface area contributed by atoms with Crippen molar-refractivity contribution in [2.75, 3.05) is 5.75 Å². The lowest BCUT2D eigenvalue weighted by Crippen LogP contribution is -2.24. The van der Waals surface area contributed by atoms with Gasteiger partial charge in [-0.05, 0) is 50.3 Å². The summed E-state index contributed by atoms with van der Waals surface area (Å²) in [5.41, 5.74) is 2.72. The Hall–Kier alpha value is -2.64. The number of nitrogens with zero attached hydrogens (tertiary/aromatic N) is 2. The molecule has 0 radical (unpaired) electrons. The average Bonchev–Trinajstić information content (AvgIpc) is 3.35. The topological polar surface area (TPSA) is 65.1 Å². The molecule has 0 bridgehead atoms. The Morgan fingerprint density at radius 2 is 2.10 bits per heavy atom. The molecule has 0 aliphatic heterocycles. The smallest absolute Gasteiger partial charge is 0.263 e. The predicted octanol–water partition coefficient (Wildman–Crippen LogP) is 5.63. The maximum Gasteiger partial charge on any atom is 0.263 e. The fourth-order valence-corrected chi connectivity index (χ4v) is 6.23. The van der Waals surface area contributed by atoms with Crippen molar-refractivity contribution in [3.8, 4) is 0 Å². The number of aryl methyl sites for hydroxylation is 2. The zero-order valence-electron chi connectivity index (χ0n) is 17.3. The monoisotopic (exact) mass is 450 g/mol. The molecular weight excluding hydrogens is 428 g/mol. The van der Waals surface area contributed by atoms with Gasteiger partial charge >= 0.3 is 0 Å². The fraction of sp³-hybridized carbons (Fsp3) is 0.292. The van der Waals surface area contributed by atoms with Crippen LogP contribution in [-0.4, -0.2) is 21.1 Å². The van der Waals surface area contributed by atoms with Gasteiger partial charge in [-0.2, -0.15) is 0 Å². The van der Waals surface area contributed by atoms with Crippen LogP contribution in [0.5, 0.6) is 0 Å². The van der Waals surface area contributed by atoms with Crippen LogP contribution in [-0.2, 0) is 19.4 Å². The number of Topliss-reactive ketones (excluding diaryl/α,β-unsaturated/α-hetero) is 1. The Morgan fingerprint density at radius 1 is 1.29 bits per heavy atom. The van der Waals surface area contributed by atoms with E-state index >= 15 is 0 Å². The zero-order valence-corrected chi connectivity index (χ0v) is 18.9. The van der Waals surface area contributed by atoms with E-state index in [1.165, 1.54) is 22.2 Å². The number of hydrogen-bond acceptors (Lipinski definition) is 6. The van der Waals surface area contributed by atoms with Crippen molar-refractivity contribution >= 4 is 50.1 Å². The first-order valence-electron chi connectivity index (χ1n) is 10.4. The number of carbonyl (C=O) groups is 1. The van der Waals surface area contributed by atoms with Crippen molar-refractivity contribution < 1.29 is 9.21 Å². The van der Waals surface area contributed by atoms with Gasteiger partial charge in [0, 0.05) is 16.8 Å². The number of carbonyl (C=O) groups excluding carboxylic acids is 1. The molecule has 1 aliphatic carbocycles. The van der Waals surface area contributed by atoms with E-state index in [4.69, 9.17) is 9.40 Å². The number of allylic oxidation sites excluding steroid dienone is 1. The molecule has 0 fully saturated rings. The third kappa shape index (κ3) is 3.77. The van der Waals surface area contributed by atoms with Gasteiger partial charge < -0.3 is 4.42 Å². The highest BCUT2D eigenvalue weighted by Gasteiger charge is 2.23. The highest BCUT2D eigenvalue weighted by Crippen LogP contribution is 2.35. The standard InChI is InChI=1S/C24H22N2O3S2/c1-14(2)12-26-23(28)21-16-8-4-6-10-20(16)31-22(21)25-24(26)30-13-17(27)19-11-15-7-3-5-9-18(15)29-19/h3,5,7,9,11H,1,4,6,8,10,12-13H2,2H3. The van der Waals surface area contributed by atoms with E-state index in [9.17, 15) is 9.59 Å². The largest absolute Gasteiger partial charge is 0.453 e. The highest BCUT2D eigenvalue weighted by atomic mass is 32.2. The van der Waals surface area contributed by atoms with Gasteiger partial charge in [-0.3, -0.25) is 14.2 Å². The van der Waals surface area contributed by atoms with E-state index in [0.29, 0.717) is 23.0 Å². The van der Waals surface area contributed by atoms with E-state index in [-0.39, 0.29) is 17.1 Å². The summed E-state index contributed by atoms with van der Waals surface area (Å²) >= 11 is 2.91. The first-order valence-corrected chi connectivity index (χ1v) is 12.2. The molecular formula is C24H22N2O3S2. The maximum absolute atomic E-state index is 13.4. The van der Waals surface area contributed by atoms with E-state index in [2.05, 4.69) is 6.58 Å². The number of benzene rings is 1. The van der Waals surface area contributed by atoms with Crippen molar-refractivity contribution in [2.45, 2.75) is 44.3 Å². The van der Waals surface area contributed by atoms with Crippen LogP contribution in [0.1, 0.15) is 40.8 Å². The molecule has 3 heterocycles. The summed E-state index contributed by atoms with van der Waals surface area (Å²) in [5, 5.41) is 2.22. The van der Waals surface area contributed by atoms with Gasteiger partial charge in [-0.1, -0.05) is 42.1 Å². The number of ketones is 1. The predicted molar refractivity (Wildman–Crippen MR) is 127 cm³/mol. The second kappa shape index (κ2) is 8.13. The summed E-state index contributed by atoms with van der Waals surface area (Å²) in [6.07, 6.45) is 4.23. The van der Waals surface area contributed by atoms with Gasteiger partial charge in [0.1, 0.15) is 10.4 Å². The Kier molecular flexibility index (Phi) is 5.32. The number of fused-ring (bicyclic) bond motifs is 4. The fourth-order valence-electron chi connectivity index (χ4n) is 4.06. The van der Waals surface area contributed by atoms with E-state index in [1.54, 1.807) is 22.0 Å². The zero-order chi connectivity index (χ0) is 21.5.